The molecule has 3 rings (SSSR count). The maximum atomic E-state index is 14.0. The van der Waals surface area contributed by atoms with Crippen LogP contribution in [0.2, 0.25) is 0 Å². The second-order valence-electron chi connectivity index (χ2n) is 9.71. The number of amides is 2. The zero-order chi connectivity index (χ0) is 21.9. The standard InChI is InChI=1S/C23H37N5O2/c1-23(2,3)20(21(29)24-4)28(17-11-8-6-7-9-12-17)22(30)19-18-15-26(5)13-10-14-27(18)16-25-19/h6,8,16-17,20H,7,9-15H2,1-5H3,(H,24,29)/t17?,20-/m1/s1. The Morgan fingerprint density at radius 1 is 1.23 bits per heavy atom. The first-order valence-electron chi connectivity index (χ1n) is 11.2. The molecule has 0 radical (unpaired) electrons. The quantitative estimate of drug-likeness (QED) is 0.768. The third kappa shape index (κ3) is 4.77. The van der Waals surface area contributed by atoms with Gasteiger partial charge in [-0.15, -0.1) is 0 Å². The monoisotopic (exact) mass is 415 g/mol. The van der Waals surface area contributed by atoms with Crippen molar-refractivity contribution in [3.63, 3.8) is 0 Å². The molecular formula is C23H37N5O2. The summed E-state index contributed by atoms with van der Waals surface area (Å²) in [5.41, 5.74) is 1.05. The number of fused-ring (bicyclic) bond motifs is 1. The topological polar surface area (TPSA) is 70.5 Å². The van der Waals surface area contributed by atoms with Gasteiger partial charge in [0.05, 0.1) is 12.0 Å². The molecule has 0 saturated heterocycles. The Bertz CT molecular complexity index is 792. The highest BCUT2D eigenvalue weighted by Gasteiger charge is 2.43. The average molecular weight is 416 g/mol. The van der Waals surface area contributed by atoms with Crippen LogP contribution in [0.3, 0.4) is 0 Å². The van der Waals surface area contributed by atoms with Gasteiger partial charge in [0.1, 0.15) is 6.04 Å². The van der Waals surface area contributed by atoms with Gasteiger partial charge in [0.2, 0.25) is 5.91 Å². The van der Waals surface area contributed by atoms with Gasteiger partial charge in [0.25, 0.3) is 5.91 Å². The zero-order valence-corrected chi connectivity index (χ0v) is 19.1. The summed E-state index contributed by atoms with van der Waals surface area (Å²) in [6.45, 7) is 8.64. The molecule has 1 unspecified atom stereocenters. The molecule has 2 atom stereocenters. The first-order chi connectivity index (χ1) is 14.2. The number of aromatic nitrogens is 2. The van der Waals surface area contributed by atoms with Crippen LogP contribution >= 0.6 is 0 Å². The molecule has 1 aromatic rings. The fraction of sp³-hybridized carbons (Fsp3) is 0.696. The zero-order valence-electron chi connectivity index (χ0n) is 19.1. The number of likely N-dealkylation sites (N-methyl/N-ethyl adjacent to an activating group) is 1. The molecule has 30 heavy (non-hydrogen) atoms. The Kier molecular flexibility index (Phi) is 7.01. The minimum Gasteiger partial charge on any atom is -0.357 e. The summed E-state index contributed by atoms with van der Waals surface area (Å²) in [5, 5.41) is 2.80. The van der Waals surface area contributed by atoms with Crippen LogP contribution in [0.15, 0.2) is 18.5 Å². The Labute approximate surface area is 180 Å². The van der Waals surface area contributed by atoms with Crippen molar-refractivity contribution in [2.75, 3.05) is 20.6 Å². The summed E-state index contributed by atoms with van der Waals surface area (Å²) in [6.07, 6.45) is 10.9. The van der Waals surface area contributed by atoms with E-state index in [1.807, 2.05) is 25.7 Å². The van der Waals surface area contributed by atoms with Crippen LogP contribution in [0.1, 0.15) is 69.1 Å². The number of carbonyl (C=O) groups is 2. The lowest BCUT2D eigenvalue weighted by molar-refractivity contribution is -0.129. The Balaban J connectivity index is 2.06. The minimum atomic E-state index is -0.563. The maximum absolute atomic E-state index is 14.0. The normalized spacial score (nSPS) is 21.3. The van der Waals surface area contributed by atoms with E-state index in [0.29, 0.717) is 12.2 Å². The third-order valence-electron chi connectivity index (χ3n) is 6.21. The molecule has 1 N–H and O–H groups in total. The number of imidazole rings is 1. The van der Waals surface area contributed by atoms with Crippen LogP contribution in [-0.2, 0) is 17.9 Å². The van der Waals surface area contributed by atoms with E-state index in [1.54, 1.807) is 13.4 Å². The SMILES string of the molecule is CNC(=O)[C@@H](N(C(=O)c1ncn2c1CN(C)CCC2)C1CC=CCCC1)C(C)(C)C. The van der Waals surface area contributed by atoms with Crippen LogP contribution in [0.5, 0.6) is 0 Å². The van der Waals surface area contributed by atoms with Crippen molar-refractivity contribution >= 4 is 11.8 Å². The lowest BCUT2D eigenvalue weighted by Crippen LogP contribution is -2.58. The summed E-state index contributed by atoms with van der Waals surface area (Å²) >= 11 is 0. The molecular weight excluding hydrogens is 378 g/mol. The summed E-state index contributed by atoms with van der Waals surface area (Å²) < 4.78 is 2.11. The fourth-order valence-corrected chi connectivity index (χ4v) is 4.69. The van der Waals surface area contributed by atoms with Crippen molar-refractivity contribution in [3.8, 4) is 0 Å². The summed E-state index contributed by atoms with van der Waals surface area (Å²) in [4.78, 5) is 35.7. The molecule has 0 fully saturated rings. The van der Waals surface area contributed by atoms with Crippen molar-refractivity contribution in [1.82, 2.24) is 24.7 Å². The first kappa shape index (κ1) is 22.5. The second-order valence-corrected chi connectivity index (χ2v) is 9.71. The van der Waals surface area contributed by atoms with Gasteiger partial charge in [-0.1, -0.05) is 32.9 Å². The van der Waals surface area contributed by atoms with E-state index in [1.165, 1.54) is 0 Å². The number of hydrogen-bond donors (Lipinski definition) is 1. The Hall–Kier alpha value is -2.15. The maximum Gasteiger partial charge on any atom is 0.275 e. The molecule has 1 aliphatic carbocycles. The molecule has 0 spiro atoms. The second kappa shape index (κ2) is 9.33. The highest BCUT2D eigenvalue weighted by atomic mass is 16.2. The predicted octanol–water partition coefficient (Wildman–Crippen LogP) is 2.82. The van der Waals surface area contributed by atoms with Crippen molar-refractivity contribution in [3.05, 3.63) is 29.9 Å². The Morgan fingerprint density at radius 2 is 2.00 bits per heavy atom. The number of hydrogen-bond acceptors (Lipinski definition) is 4. The smallest absolute Gasteiger partial charge is 0.275 e. The van der Waals surface area contributed by atoms with Crippen LogP contribution in [0.25, 0.3) is 0 Å². The minimum absolute atomic E-state index is 0.0152. The van der Waals surface area contributed by atoms with E-state index in [-0.39, 0.29) is 17.9 Å². The summed E-state index contributed by atoms with van der Waals surface area (Å²) in [5.74, 6) is -0.241. The summed E-state index contributed by atoms with van der Waals surface area (Å²) in [6, 6.07) is -0.578. The van der Waals surface area contributed by atoms with Gasteiger partial charge in [-0.2, -0.15) is 0 Å². The van der Waals surface area contributed by atoms with Crippen molar-refractivity contribution < 1.29 is 9.59 Å². The average Bonchev–Trinajstić information content (AvgIpc) is 2.86. The molecule has 2 amide bonds. The van der Waals surface area contributed by atoms with Gasteiger partial charge < -0.3 is 19.7 Å². The van der Waals surface area contributed by atoms with E-state index in [0.717, 1.165) is 50.9 Å². The molecule has 0 saturated carbocycles. The molecule has 2 aliphatic rings. The van der Waals surface area contributed by atoms with Gasteiger partial charge in [-0.3, -0.25) is 9.59 Å². The third-order valence-corrected chi connectivity index (χ3v) is 6.21. The van der Waals surface area contributed by atoms with E-state index in [4.69, 9.17) is 0 Å². The predicted molar refractivity (Wildman–Crippen MR) is 118 cm³/mol. The Morgan fingerprint density at radius 3 is 2.70 bits per heavy atom. The van der Waals surface area contributed by atoms with Crippen LogP contribution < -0.4 is 5.32 Å². The molecule has 0 aromatic carbocycles. The molecule has 1 aliphatic heterocycles. The van der Waals surface area contributed by atoms with Gasteiger partial charge in [-0.05, 0) is 51.1 Å². The van der Waals surface area contributed by atoms with Gasteiger partial charge in [-0.25, -0.2) is 4.98 Å². The van der Waals surface area contributed by atoms with E-state index in [9.17, 15) is 9.59 Å². The number of nitrogens with one attached hydrogen (secondary N) is 1. The lowest BCUT2D eigenvalue weighted by Gasteiger charge is -2.43. The molecule has 166 valence electrons. The number of allylic oxidation sites excluding steroid dienone is 1. The van der Waals surface area contributed by atoms with Gasteiger partial charge in [0, 0.05) is 26.2 Å². The molecule has 1 aromatic heterocycles. The van der Waals surface area contributed by atoms with Gasteiger partial charge in [0.15, 0.2) is 5.69 Å². The number of nitrogens with zero attached hydrogens (tertiary/aromatic N) is 4. The number of rotatable bonds is 4. The largest absolute Gasteiger partial charge is 0.357 e. The molecule has 2 heterocycles. The van der Waals surface area contributed by atoms with E-state index < -0.39 is 11.5 Å². The van der Waals surface area contributed by atoms with Crippen molar-refractivity contribution in [1.29, 1.82) is 0 Å². The van der Waals surface area contributed by atoms with Gasteiger partial charge >= 0.3 is 0 Å². The molecule has 0 bridgehead atoms. The van der Waals surface area contributed by atoms with Crippen LogP contribution in [0, 0.1) is 5.41 Å². The fourth-order valence-electron chi connectivity index (χ4n) is 4.69. The summed E-state index contributed by atoms with van der Waals surface area (Å²) in [7, 11) is 3.72. The van der Waals surface area contributed by atoms with E-state index in [2.05, 4.69) is 39.0 Å². The van der Waals surface area contributed by atoms with Crippen LogP contribution in [0.4, 0.5) is 0 Å². The lowest BCUT2D eigenvalue weighted by atomic mass is 9.83. The molecule has 7 nitrogen and oxygen atoms in total. The van der Waals surface area contributed by atoms with Crippen LogP contribution in [-0.4, -0.2) is 63.9 Å². The molecule has 7 heteroatoms. The van der Waals surface area contributed by atoms with E-state index >= 15 is 0 Å². The van der Waals surface area contributed by atoms with Crippen molar-refractivity contribution in [2.24, 2.45) is 5.41 Å². The first-order valence-corrected chi connectivity index (χ1v) is 11.2. The number of aryl methyl sites for hydroxylation is 1. The highest BCUT2D eigenvalue weighted by molar-refractivity contribution is 5.97. The number of carbonyl (C=O) groups excluding carboxylic acids is 2. The highest BCUT2D eigenvalue weighted by Crippen LogP contribution is 2.32. The van der Waals surface area contributed by atoms with Crippen molar-refractivity contribution in [2.45, 2.75) is 78.0 Å².